The van der Waals surface area contributed by atoms with Crippen molar-refractivity contribution in [3.63, 3.8) is 0 Å². The van der Waals surface area contributed by atoms with Crippen LogP contribution in [0, 0.1) is 0 Å². The summed E-state index contributed by atoms with van der Waals surface area (Å²) in [6, 6.07) is 7.18. The molecule has 0 heterocycles. The van der Waals surface area contributed by atoms with E-state index < -0.39 is 0 Å². The van der Waals surface area contributed by atoms with Crippen molar-refractivity contribution < 1.29 is 4.79 Å². The lowest BCUT2D eigenvalue weighted by molar-refractivity contribution is -0.105. The lowest BCUT2D eigenvalue weighted by Gasteiger charge is -1.98. The van der Waals surface area contributed by atoms with Crippen LogP contribution in [0.25, 0.3) is 0 Å². The Balaban J connectivity index is 2.91. The number of hydrogen-bond acceptors (Lipinski definition) is 1. The van der Waals surface area contributed by atoms with Crippen LogP contribution in [0.15, 0.2) is 29.2 Å². The van der Waals surface area contributed by atoms with Gasteiger partial charge in [-0.15, -0.1) is 0 Å². The first-order valence-electron chi connectivity index (χ1n) is 2.81. The van der Waals surface area contributed by atoms with Crippen LogP contribution in [0.4, 0.5) is 5.69 Å². The summed E-state index contributed by atoms with van der Waals surface area (Å²) in [7, 11) is 0. The van der Waals surface area contributed by atoms with E-state index in [-0.39, 0.29) is 0 Å². The van der Waals surface area contributed by atoms with Gasteiger partial charge in [-0.2, -0.15) is 0 Å². The van der Waals surface area contributed by atoms with Gasteiger partial charge in [0.05, 0.1) is 10.6 Å². The summed E-state index contributed by atoms with van der Waals surface area (Å²) in [5.41, 5.74) is 0.688. The van der Waals surface area contributed by atoms with Crippen molar-refractivity contribution in [2.24, 2.45) is 0 Å². The van der Waals surface area contributed by atoms with Crippen LogP contribution in [0.3, 0.4) is 0 Å². The third kappa shape index (κ3) is 1.45. The van der Waals surface area contributed by atoms with Gasteiger partial charge in [0.25, 0.3) is 0 Å². The molecular formula is C7H6NOS. The highest BCUT2D eigenvalue weighted by molar-refractivity contribution is 7.80. The molecule has 1 rings (SSSR count). The molecule has 0 saturated carbocycles. The molecule has 0 aliphatic rings. The molecule has 0 atom stereocenters. The minimum atomic E-state index is 0.616. The van der Waals surface area contributed by atoms with Crippen molar-refractivity contribution in [3.05, 3.63) is 24.3 Å². The van der Waals surface area contributed by atoms with E-state index in [1.165, 1.54) is 0 Å². The lowest BCUT2D eigenvalue weighted by Crippen LogP contribution is -1.93. The predicted octanol–water partition coefficient (Wildman–Crippen LogP) is 1.81. The Morgan fingerprint density at radius 1 is 1.40 bits per heavy atom. The first kappa shape index (κ1) is 7.02. The van der Waals surface area contributed by atoms with Crippen molar-refractivity contribution in [1.29, 1.82) is 0 Å². The minimum Gasteiger partial charge on any atom is -0.327 e. The monoisotopic (exact) mass is 152 g/mol. The Morgan fingerprint density at radius 2 is 2.10 bits per heavy atom. The fraction of sp³-hybridized carbons (Fsp3) is 0. The summed E-state index contributed by atoms with van der Waals surface area (Å²) in [6.07, 6.45) is 0.616. The van der Waals surface area contributed by atoms with E-state index >= 15 is 0 Å². The number of carbonyl (C=O) groups is 1. The Bertz CT molecular complexity index is 237. The molecule has 1 radical (unpaired) electrons. The van der Waals surface area contributed by atoms with Gasteiger partial charge >= 0.3 is 0 Å². The van der Waals surface area contributed by atoms with Gasteiger partial charge in [-0.3, -0.25) is 4.79 Å². The molecule has 0 bridgehead atoms. The molecule has 0 fully saturated rings. The topological polar surface area (TPSA) is 29.1 Å². The van der Waals surface area contributed by atoms with Gasteiger partial charge in [0.1, 0.15) is 0 Å². The standard InChI is InChI=1S/C7H6NOS/c9-5-8-6-3-1-2-4-7(6)10/h1-5H,(H,8,9). The van der Waals surface area contributed by atoms with Crippen molar-refractivity contribution >= 4 is 24.7 Å². The molecule has 1 aromatic rings. The van der Waals surface area contributed by atoms with Crippen LogP contribution >= 0.6 is 12.6 Å². The number of amides is 1. The van der Waals surface area contributed by atoms with Gasteiger partial charge in [0, 0.05) is 0 Å². The normalized spacial score (nSPS) is 8.80. The second-order valence-corrected chi connectivity index (χ2v) is 2.20. The molecule has 10 heavy (non-hydrogen) atoms. The number of hydrogen-bond donors (Lipinski definition) is 1. The quantitative estimate of drug-likeness (QED) is 0.643. The number of carbonyl (C=O) groups excluding carboxylic acids is 1. The molecule has 0 spiro atoms. The van der Waals surface area contributed by atoms with E-state index in [9.17, 15) is 4.79 Å². The number of para-hydroxylation sites is 1. The predicted molar refractivity (Wildman–Crippen MR) is 42.0 cm³/mol. The second-order valence-electron chi connectivity index (χ2n) is 1.76. The first-order valence-corrected chi connectivity index (χ1v) is 3.21. The highest BCUT2D eigenvalue weighted by atomic mass is 32.1. The van der Waals surface area contributed by atoms with Gasteiger partial charge in [-0.25, -0.2) is 0 Å². The van der Waals surface area contributed by atoms with Crippen LogP contribution in [-0.2, 0) is 4.79 Å². The molecule has 0 unspecified atom stereocenters. The first-order chi connectivity index (χ1) is 4.84. The fourth-order valence-corrected chi connectivity index (χ4v) is 0.855. The number of rotatable bonds is 2. The van der Waals surface area contributed by atoms with Gasteiger partial charge in [-0.1, -0.05) is 24.8 Å². The van der Waals surface area contributed by atoms with Gasteiger partial charge < -0.3 is 5.32 Å². The average Bonchev–Trinajstić information content (AvgIpc) is 1.94. The highest BCUT2D eigenvalue weighted by Crippen LogP contribution is 2.17. The third-order valence-corrected chi connectivity index (χ3v) is 1.46. The summed E-state index contributed by atoms with van der Waals surface area (Å²) in [5.74, 6) is 0. The number of nitrogens with one attached hydrogen (secondary N) is 1. The summed E-state index contributed by atoms with van der Waals surface area (Å²) in [4.78, 5) is 10.6. The molecule has 0 aliphatic heterocycles. The highest BCUT2D eigenvalue weighted by Gasteiger charge is 1.93. The van der Waals surface area contributed by atoms with Crippen LogP contribution in [0.1, 0.15) is 0 Å². The third-order valence-electron chi connectivity index (χ3n) is 1.10. The second kappa shape index (κ2) is 3.17. The zero-order valence-corrected chi connectivity index (χ0v) is 6.02. The van der Waals surface area contributed by atoms with E-state index in [1.807, 2.05) is 12.1 Å². The van der Waals surface area contributed by atoms with E-state index in [2.05, 4.69) is 5.32 Å². The zero-order chi connectivity index (χ0) is 7.40. The Kier molecular flexibility index (Phi) is 2.23. The molecular weight excluding hydrogens is 146 g/mol. The van der Waals surface area contributed by atoms with Crippen LogP contribution < -0.4 is 5.32 Å². The summed E-state index contributed by atoms with van der Waals surface area (Å²) in [5, 5.41) is 2.49. The van der Waals surface area contributed by atoms with Crippen LogP contribution in [-0.4, -0.2) is 6.41 Å². The summed E-state index contributed by atoms with van der Waals surface area (Å²) >= 11 is 4.90. The number of anilines is 1. The molecule has 0 aliphatic carbocycles. The van der Waals surface area contributed by atoms with Crippen molar-refractivity contribution in [2.45, 2.75) is 4.90 Å². The van der Waals surface area contributed by atoms with E-state index in [0.29, 0.717) is 17.0 Å². The Labute approximate surface area is 64.7 Å². The summed E-state index contributed by atoms with van der Waals surface area (Å²) < 4.78 is 0. The van der Waals surface area contributed by atoms with Crippen LogP contribution in [0.5, 0.6) is 0 Å². The van der Waals surface area contributed by atoms with Crippen molar-refractivity contribution in [1.82, 2.24) is 0 Å². The maximum Gasteiger partial charge on any atom is 0.211 e. The zero-order valence-electron chi connectivity index (χ0n) is 5.20. The maximum absolute atomic E-state index is 9.97. The largest absolute Gasteiger partial charge is 0.327 e. The average molecular weight is 152 g/mol. The van der Waals surface area contributed by atoms with Gasteiger partial charge in [0.15, 0.2) is 0 Å². The molecule has 1 amide bonds. The molecule has 0 saturated heterocycles. The SMILES string of the molecule is O=CNc1ccccc1[S]. The molecule has 1 aromatic carbocycles. The van der Waals surface area contributed by atoms with E-state index in [0.717, 1.165) is 0 Å². The molecule has 1 N–H and O–H groups in total. The Morgan fingerprint density at radius 3 is 2.70 bits per heavy atom. The fourth-order valence-electron chi connectivity index (χ4n) is 0.649. The van der Waals surface area contributed by atoms with E-state index in [1.54, 1.807) is 12.1 Å². The van der Waals surface area contributed by atoms with Crippen molar-refractivity contribution in [3.8, 4) is 0 Å². The maximum atomic E-state index is 9.97. The lowest BCUT2D eigenvalue weighted by atomic mass is 10.3. The van der Waals surface area contributed by atoms with E-state index in [4.69, 9.17) is 12.6 Å². The van der Waals surface area contributed by atoms with Crippen LogP contribution in [0.2, 0.25) is 0 Å². The van der Waals surface area contributed by atoms with Crippen molar-refractivity contribution in [2.75, 3.05) is 5.32 Å². The Hall–Kier alpha value is -1.09. The number of benzene rings is 1. The van der Waals surface area contributed by atoms with Gasteiger partial charge in [0.2, 0.25) is 6.41 Å². The van der Waals surface area contributed by atoms with Gasteiger partial charge in [-0.05, 0) is 12.1 Å². The smallest absolute Gasteiger partial charge is 0.211 e. The molecule has 51 valence electrons. The molecule has 3 heteroatoms. The molecule has 0 aromatic heterocycles. The summed E-state index contributed by atoms with van der Waals surface area (Å²) in [6.45, 7) is 0. The minimum absolute atomic E-state index is 0.616. The molecule has 2 nitrogen and oxygen atoms in total.